The SMILES string of the molecule is Cn1cc(C(NCC(=O)Nc2nncs2)c2ccc(F)cc2)cn1. The molecule has 24 heavy (non-hydrogen) atoms. The van der Waals surface area contributed by atoms with Crippen LogP contribution in [0.5, 0.6) is 0 Å². The molecule has 124 valence electrons. The molecule has 0 saturated carbocycles. The Morgan fingerprint density at radius 3 is 2.75 bits per heavy atom. The highest BCUT2D eigenvalue weighted by atomic mass is 32.1. The highest BCUT2D eigenvalue weighted by Gasteiger charge is 2.17. The summed E-state index contributed by atoms with van der Waals surface area (Å²) in [5.41, 5.74) is 3.26. The van der Waals surface area contributed by atoms with Gasteiger partial charge in [0.2, 0.25) is 11.0 Å². The fourth-order valence-corrected chi connectivity index (χ4v) is 2.72. The first-order chi connectivity index (χ1) is 11.6. The first-order valence-corrected chi connectivity index (χ1v) is 8.03. The Bertz CT molecular complexity index is 802. The van der Waals surface area contributed by atoms with Crippen LogP contribution in [0.2, 0.25) is 0 Å². The number of aromatic nitrogens is 4. The van der Waals surface area contributed by atoms with Crippen molar-refractivity contribution in [2.75, 3.05) is 11.9 Å². The molecule has 0 spiro atoms. The van der Waals surface area contributed by atoms with Gasteiger partial charge in [-0.3, -0.25) is 20.1 Å². The van der Waals surface area contributed by atoms with Crippen LogP contribution >= 0.6 is 11.3 Å². The summed E-state index contributed by atoms with van der Waals surface area (Å²) < 4.78 is 14.8. The third-order valence-electron chi connectivity index (χ3n) is 3.33. The van der Waals surface area contributed by atoms with Gasteiger partial charge in [-0.15, -0.1) is 10.2 Å². The molecule has 0 bridgehead atoms. The second kappa shape index (κ2) is 7.28. The second-order valence-electron chi connectivity index (χ2n) is 5.10. The number of benzene rings is 1. The first-order valence-electron chi connectivity index (χ1n) is 7.15. The lowest BCUT2D eigenvalue weighted by atomic mass is 10.0. The number of carbonyl (C=O) groups is 1. The largest absolute Gasteiger partial charge is 0.299 e. The highest BCUT2D eigenvalue weighted by molar-refractivity contribution is 7.13. The van der Waals surface area contributed by atoms with Crippen molar-refractivity contribution in [1.82, 2.24) is 25.3 Å². The Labute approximate surface area is 141 Å². The lowest BCUT2D eigenvalue weighted by Crippen LogP contribution is -2.31. The summed E-state index contributed by atoms with van der Waals surface area (Å²) in [6.45, 7) is 0.0660. The zero-order valence-electron chi connectivity index (χ0n) is 12.8. The van der Waals surface area contributed by atoms with Gasteiger partial charge >= 0.3 is 0 Å². The Morgan fingerprint density at radius 2 is 2.12 bits per heavy atom. The van der Waals surface area contributed by atoms with Gasteiger partial charge in [0.25, 0.3) is 0 Å². The number of nitrogens with one attached hydrogen (secondary N) is 2. The monoisotopic (exact) mass is 346 g/mol. The van der Waals surface area contributed by atoms with E-state index in [4.69, 9.17) is 0 Å². The Morgan fingerprint density at radius 1 is 1.33 bits per heavy atom. The van der Waals surface area contributed by atoms with Crippen molar-refractivity contribution in [1.29, 1.82) is 0 Å². The van der Waals surface area contributed by atoms with Crippen molar-refractivity contribution in [2.24, 2.45) is 7.05 Å². The van der Waals surface area contributed by atoms with Crippen molar-refractivity contribution in [3.8, 4) is 0 Å². The minimum atomic E-state index is -0.308. The standard InChI is InChI=1S/C15H15FN6OS/c1-22-8-11(6-19-22)14(10-2-4-12(16)5-3-10)17-7-13(23)20-15-21-18-9-24-15/h2-6,8-9,14,17H,7H2,1H3,(H,20,21,23). The van der Waals surface area contributed by atoms with E-state index in [-0.39, 0.29) is 24.3 Å². The number of halogens is 1. The third kappa shape index (κ3) is 4.00. The van der Waals surface area contributed by atoms with E-state index in [2.05, 4.69) is 25.9 Å². The predicted molar refractivity (Wildman–Crippen MR) is 88.0 cm³/mol. The number of hydrogen-bond donors (Lipinski definition) is 2. The summed E-state index contributed by atoms with van der Waals surface area (Å²) >= 11 is 1.25. The highest BCUT2D eigenvalue weighted by Crippen LogP contribution is 2.21. The van der Waals surface area contributed by atoms with E-state index >= 15 is 0 Å². The molecular formula is C15H15FN6OS. The smallest absolute Gasteiger partial charge is 0.240 e. The van der Waals surface area contributed by atoms with Crippen molar-refractivity contribution in [3.05, 3.63) is 59.1 Å². The number of rotatable bonds is 6. The van der Waals surface area contributed by atoms with Crippen LogP contribution in [0.4, 0.5) is 9.52 Å². The van der Waals surface area contributed by atoms with Gasteiger partial charge in [-0.1, -0.05) is 23.5 Å². The van der Waals surface area contributed by atoms with Crippen LogP contribution in [0.1, 0.15) is 17.2 Å². The lowest BCUT2D eigenvalue weighted by molar-refractivity contribution is -0.115. The minimum absolute atomic E-state index is 0.0660. The maximum Gasteiger partial charge on any atom is 0.240 e. The molecule has 0 aliphatic heterocycles. The fourth-order valence-electron chi connectivity index (χ4n) is 2.26. The molecule has 0 aliphatic rings. The summed E-state index contributed by atoms with van der Waals surface area (Å²) in [7, 11) is 1.81. The summed E-state index contributed by atoms with van der Waals surface area (Å²) in [5.74, 6) is -0.541. The van der Waals surface area contributed by atoms with E-state index in [0.717, 1.165) is 11.1 Å². The Balaban J connectivity index is 1.72. The van der Waals surface area contributed by atoms with Crippen LogP contribution in [0.25, 0.3) is 0 Å². The molecule has 2 heterocycles. The molecule has 1 amide bonds. The van der Waals surface area contributed by atoms with Crippen LogP contribution in [0.3, 0.4) is 0 Å². The van der Waals surface area contributed by atoms with Crippen LogP contribution in [-0.2, 0) is 11.8 Å². The molecule has 0 saturated heterocycles. The van der Waals surface area contributed by atoms with Gasteiger partial charge in [0.15, 0.2) is 0 Å². The van der Waals surface area contributed by atoms with E-state index in [1.54, 1.807) is 28.5 Å². The summed E-state index contributed by atoms with van der Waals surface area (Å²) in [5, 5.41) is 17.9. The third-order valence-corrected chi connectivity index (χ3v) is 3.94. The number of anilines is 1. The average molecular weight is 346 g/mol. The molecule has 0 aliphatic carbocycles. The molecule has 9 heteroatoms. The Kier molecular flexibility index (Phi) is 4.92. The van der Waals surface area contributed by atoms with Gasteiger partial charge in [-0.05, 0) is 17.7 Å². The number of hydrogen-bond acceptors (Lipinski definition) is 6. The topological polar surface area (TPSA) is 84.7 Å². The van der Waals surface area contributed by atoms with Crippen molar-refractivity contribution >= 4 is 22.4 Å². The fraction of sp³-hybridized carbons (Fsp3) is 0.200. The molecule has 0 radical (unpaired) electrons. The van der Waals surface area contributed by atoms with E-state index in [1.165, 1.54) is 23.5 Å². The van der Waals surface area contributed by atoms with Gasteiger partial charge in [0, 0.05) is 18.8 Å². The van der Waals surface area contributed by atoms with Crippen LogP contribution < -0.4 is 10.6 Å². The van der Waals surface area contributed by atoms with E-state index in [9.17, 15) is 9.18 Å². The second-order valence-corrected chi connectivity index (χ2v) is 5.94. The van der Waals surface area contributed by atoms with Gasteiger partial charge in [-0.25, -0.2) is 4.39 Å². The molecule has 7 nitrogen and oxygen atoms in total. The van der Waals surface area contributed by atoms with Crippen LogP contribution in [0, 0.1) is 5.82 Å². The van der Waals surface area contributed by atoms with Crippen LogP contribution in [0.15, 0.2) is 42.2 Å². The summed E-state index contributed by atoms with van der Waals surface area (Å²) in [6, 6.07) is 5.87. The van der Waals surface area contributed by atoms with Gasteiger partial charge in [0.1, 0.15) is 11.3 Å². The first kappa shape index (κ1) is 16.2. The molecule has 1 aromatic carbocycles. The zero-order chi connectivity index (χ0) is 16.9. The number of nitrogens with zero attached hydrogens (tertiary/aromatic N) is 4. The van der Waals surface area contributed by atoms with E-state index < -0.39 is 0 Å². The summed E-state index contributed by atoms with van der Waals surface area (Å²) in [4.78, 5) is 12.0. The number of amides is 1. The Hall–Kier alpha value is -2.65. The molecule has 0 fully saturated rings. The quantitative estimate of drug-likeness (QED) is 0.710. The predicted octanol–water partition coefficient (Wildman–Crippen LogP) is 1.73. The van der Waals surface area contributed by atoms with E-state index in [1.807, 2.05) is 13.2 Å². The molecule has 2 aromatic heterocycles. The van der Waals surface area contributed by atoms with Crippen molar-refractivity contribution < 1.29 is 9.18 Å². The summed E-state index contributed by atoms with van der Waals surface area (Å²) in [6.07, 6.45) is 3.56. The van der Waals surface area contributed by atoms with Gasteiger partial charge in [0.05, 0.1) is 18.8 Å². The zero-order valence-corrected chi connectivity index (χ0v) is 13.6. The maximum absolute atomic E-state index is 13.2. The molecule has 2 N–H and O–H groups in total. The van der Waals surface area contributed by atoms with Crippen molar-refractivity contribution in [2.45, 2.75) is 6.04 Å². The number of carbonyl (C=O) groups excluding carboxylic acids is 1. The number of aryl methyl sites for hydroxylation is 1. The average Bonchev–Trinajstić information content (AvgIpc) is 3.21. The maximum atomic E-state index is 13.2. The van der Waals surface area contributed by atoms with Gasteiger partial charge < -0.3 is 0 Å². The minimum Gasteiger partial charge on any atom is -0.299 e. The lowest BCUT2D eigenvalue weighted by Gasteiger charge is -2.17. The molecule has 3 rings (SSSR count). The van der Waals surface area contributed by atoms with Gasteiger partial charge in [-0.2, -0.15) is 5.10 Å². The molecule has 3 aromatic rings. The molecule has 1 unspecified atom stereocenters. The van der Waals surface area contributed by atoms with E-state index in [0.29, 0.717) is 5.13 Å². The normalized spacial score (nSPS) is 12.1. The van der Waals surface area contributed by atoms with Crippen LogP contribution in [-0.4, -0.2) is 32.4 Å². The molecular weight excluding hydrogens is 331 g/mol. The molecule has 1 atom stereocenters. The van der Waals surface area contributed by atoms with Crippen molar-refractivity contribution in [3.63, 3.8) is 0 Å².